The van der Waals surface area contributed by atoms with Crippen LogP contribution in [0.3, 0.4) is 0 Å². The number of aryl methyl sites for hydroxylation is 1. The Hall–Kier alpha value is -1.84. The molecular weight excluding hydrogens is 354 g/mol. The van der Waals surface area contributed by atoms with Crippen LogP contribution in [-0.4, -0.2) is 20.1 Å². The van der Waals surface area contributed by atoms with E-state index in [1.807, 2.05) is 43.3 Å². The minimum atomic E-state index is 0.750. The molecule has 5 N–H and O–H groups in total. The molecule has 0 aromatic heterocycles. The summed E-state index contributed by atoms with van der Waals surface area (Å²) in [5.74, 6) is 2.31. The molecule has 0 atom stereocenters. The highest BCUT2D eigenvalue weighted by molar-refractivity contribution is 5.52. The van der Waals surface area contributed by atoms with Crippen molar-refractivity contribution in [1.82, 2.24) is 0 Å². The molecule has 3 aliphatic carbocycles. The van der Waals surface area contributed by atoms with Gasteiger partial charge in [0.05, 0.1) is 0 Å². The van der Waals surface area contributed by atoms with Gasteiger partial charge in [-0.1, -0.05) is 100 Å². The maximum atomic E-state index is 4.85. The van der Waals surface area contributed by atoms with E-state index in [2.05, 4.69) is 35.3 Å². The number of nitrogens with one attached hydrogen (secondary N) is 1. The lowest BCUT2D eigenvalue weighted by molar-refractivity contribution is 0.176. The van der Waals surface area contributed by atoms with E-state index >= 15 is 0 Å². The number of nitrogens with two attached hydrogens (primary N) is 2. The van der Waals surface area contributed by atoms with Crippen LogP contribution in [0.15, 0.2) is 60.7 Å². The number of benzene rings is 2. The van der Waals surface area contributed by atoms with Crippen molar-refractivity contribution in [3.8, 4) is 0 Å². The van der Waals surface area contributed by atoms with Gasteiger partial charge in [-0.15, -0.1) is 0 Å². The Bertz CT molecular complexity index is 517. The van der Waals surface area contributed by atoms with E-state index in [4.69, 9.17) is 5.73 Å². The van der Waals surface area contributed by atoms with E-state index in [-0.39, 0.29) is 0 Å². The highest BCUT2D eigenvalue weighted by Gasteiger charge is 2.26. The zero-order valence-electron chi connectivity index (χ0n) is 18.7. The molecule has 2 aromatic rings. The van der Waals surface area contributed by atoms with Crippen molar-refractivity contribution in [2.75, 3.05) is 25.5 Å². The lowest BCUT2D eigenvalue weighted by Crippen LogP contribution is -2.21. The standard InChI is InChI=1S/C9H11N.C8H14.C6H6.C2H7N.CH5N/c1-2-6-9-8(4-1)5-3-7-10-9;1-2-8-5-3-7(1)4-6-8;1-2-4-6-5-3-1;1-2-3;1-2/h1-2,4,6,10H,3,5,7H2;7-8H,1-6H2;1-6H;2-3H2,1H3;2H2,1H3. The van der Waals surface area contributed by atoms with Crippen molar-refractivity contribution in [1.29, 1.82) is 0 Å². The summed E-state index contributed by atoms with van der Waals surface area (Å²) in [4.78, 5) is 0. The molecular formula is C26H43N3. The third kappa shape index (κ3) is 11.1. The van der Waals surface area contributed by atoms with E-state index in [0.717, 1.165) is 24.9 Å². The van der Waals surface area contributed by atoms with E-state index in [1.165, 1.54) is 31.1 Å². The van der Waals surface area contributed by atoms with Crippen molar-refractivity contribution in [3.05, 3.63) is 66.2 Å². The number of rotatable bonds is 0. The number of hydrogen-bond acceptors (Lipinski definition) is 3. The molecule has 29 heavy (non-hydrogen) atoms. The summed E-state index contributed by atoms with van der Waals surface area (Å²) in [6.07, 6.45) is 11.9. The molecule has 3 fully saturated rings. The first-order valence-electron chi connectivity index (χ1n) is 11.4. The lowest BCUT2D eigenvalue weighted by Gasteiger charge is -2.35. The van der Waals surface area contributed by atoms with Gasteiger partial charge in [0.25, 0.3) is 0 Å². The zero-order chi connectivity index (χ0) is 21.2. The molecule has 0 amide bonds. The monoisotopic (exact) mass is 397 g/mol. The number of anilines is 1. The second-order valence-corrected chi connectivity index (χ2v) is 7.71. The molecule has 1 heterocycles. The summed E-state index contributed by atoms with van der Waals surface area (Å²) in [6.45, 7) is 3.79. The topological polar surface area (TPSA) is 64.1 Å². The highest BCUT2D eigenvalue weighted by atomic mass is 14.9. The van der Waals surface area contributed by atoms with Crippen molar-refractivity contribution in [3.63, 3.8) is 0 Å². The van der Waals surface area contributed by atoms with Crippen LogP contribution >= 0.6 is 0 Å². The summed E-state index contributed by atoms with van der Waals surface area (Å²) >= 11 is 0. The Kier molecular flexibility index (Phi) is 14.8. The van der Waals surface area contributed by atoms with Crippen LogP contribution in [0.4, 0.5) is 5.69 Å². The summed E-state index contributed by atoms with van der Waals surface area (Å²) < 4.78 is 0. The maximum absolute atomic E-state index is 4.85. The van der Waals surface area contributed by atoms with Crippen molar-refractivity contribution in [2.24, 2.45) is 23.3 Å². The van der Waals surface area contributed by atoms with Crippen LogP contribution in [0.1, 0.15) is 57.4 Å². The van der Waals surface area contributed by atoms with Crippen molar-refractivity contribution < 1.29 is 0 Å². The fourth-order valence-corrected chi connectivity index (χ4v) is 4.08. The molecule has 6 rings (SSSR count). The molecule has 0 saturated heterocycles. The van der Waals surface area contributed by atoms with Gasteiger partial charge >= 0.3 is 0 Å². The molecule has 3 nitrogen and oxygen atoms in total. The minimum Gasteiger partial charge on any atom is -0.385 e. The van der Waals surface area contributed by atoms with Gasteiger partial charge in [-0.25, -0.2) is 0 Å². The van der Waals surface area contributed by atoms with E-state index < -0.39 is 0 Å². The van der Waals surface area contributed by atoms with Crippen molar-refractivity contribution >= 4 is 5.69 Å². The normalized spacial score (nSPS) is 20.3. The third-order valence-corrected chi connectivity index (χ3v) is 5.57. The summed E-state index contributed by atoms with van der Waals surface area (Å²) in [7, 11) is 1.50. The molecule has 0 spiro atoms. The van der Waals surface area contributed by atoms with Gasteiger partial charge in [-0.2, -0.15) is 0 Å². The van der Waals surface area contributed by atoms with Crippen LogP contribution in [0.2, 0.25) is 0 Å². The Morgan fingerprint density at radius 2 is 1.17 bits per heavy atom. The molecule has 0 unspecified atom stereocenters. The van der Waals surface area contributed by atoms with Crippen LogP contribution in [-0.2, 0) is 6.42 Å². The zero-order valence-corrected chi connectivity index (χ0v) is 18.7. The molecule has 2 aromatic carbocycles. The molecule has 162 valence electrons. The van der Waals surface area contributed by atoms with Crippen LogP contribution in [0.25, 0.3) is 0 Å². The fraction of sp³-hybridized carbons (Fsp3) is 0.538. The predicted octanol–water partition coefficient (Wildman–Crippen LogP) is 5.86. The van der Waals surface area contributed by atoms with Crippen molar-refractivity contribution in [2.45, 2.75) is 58.3 Å². The first kappa shape index (κ1) is 25.2. The second-order valence-electron chi connectivity index (χ2n) is 7.71. The summed E-state index contributed by atoms with van der Waals surface area (Å²) in [6, 6.07) is 20.5. The van der Waals surface area contributed by atoms with Crippen LogP contribution < -0.4 is 16.8 Å². The van der Waals surface area contributed by atoms with Gasteiger partial charge in [-0.05, 0) is 49.9 Å². The lowest BCUT2D eigenvalue weighted by atomic mass is 9.71. The Balaban J connectivity index is 0.000000200. The average molecular weight is 398 g/mol. The number of para-hydroxylation sites is 1. The van der Waals surface area contributed by atoms with Gasteiger partial charge in [0.1, 0.15) is 0 Å². The van der Waals surface area contributed by atoms with E-state index in [1.54, 1.807) is 38.5 Å². The number of fused-ring (bicyclic) bond motifs is 4. The smallest absolute Gasteiger partial charge is 0.0372 e. The van der Waals surface area contributed by atoms with E-state index in [9.17, 15) is 0 Å². The van der Waals surface area contributed by atoms with Gasteiger partial charge in [0.15, 0.2) is 0 Å². The summed E-state index contributed by atoms with van der Waals surface area (Å²) in [5.41, 5.74) is 12.1. The Labute approximate surface area is 179 Å². The molecule has 4 aliphatic rings. The van der Waals surface area contributed by atoms with Crippen LogP contribution in [0, 0.1) is 11.8 Å². The van der Waals surface area contributed by atoms with Crippen LogP contribution in [0.5, 0.6) is 0 Å². The third-order valence-electron chi connectivity index (χ3n) is 5.57. The first-order chi connectivity index (χ1) is 14.3. The van der Waals surface area contributed by atoms with Gasteiger partial charge in [0, 0.05) is 12.2 Å². The van der Waals surface area contributed by atoms with Gasteiger partial charge in [0.2, 0.25) is 0 Å². The molecule has 2 bridgehead atoms. The molecule has 3 saturated carbocycles. The quantitative estimate of drug-likeness (QED) is 0.522. The number of hydrogen-bond donors (Lipinski definition) is 3. The first-order valence-corrected chi connectivity index (χ1v) is 11.4. The highest BCUT2D eigenvalue weighted by Crippen LogP contribution is 2.40. The Morgan fingerprint density at radius 3 is 1.55 bits per heavy atom. The van der Waals surface area contributed by atoms with E-state index in [0.29, 0.717) is 0 Å². The summed E-state index contributed by atoms with van der Waals surface area (Å²) in [5, 5.41) is 3.36. The minimum absolute atomic E-state index is 0.750. The second kappa shape index (κ2) is 17.1. The fourth-order valence-electron chi connectivity index (χ4n) is 4.08. The predicted molar refractivity (Wildman–Crippen MR) is 129 cm³/mol. The maximum Gasteiger partial charge on any atom is 0.0372 e. The van der Waals surface area contributed by atoms with Gasteiger partial charge in [-0.3, -0.25) is 0 Å². The molecule has 0 radical (unpaired) electrons. The molecule has 1 aliphatic heterocycles. The average Bonchev–Trinajstić information content (AvgIpc) is 2.84. The molecule has 3 heteroatoms. The SMILES string of the molecule is C1CC2CCC1CC2.CCN.CN.c1ccc2c(c1)CCCN2.c1ccccc1. The largest absolute Gasteiger partial charge is 0.385 e. The van der Waals surface area contributed by atoms with Gasteiger partial charge < -0.3 is 16.8 Å². The Morgan fingerprint density at radius 1 is 0.759 bits per heavy atom.